The molecule has 4 nitrogen and oxygen atoms in total. The predicted molar refractivity (Wildman–Crippen MR) is 65.4 cm³/mol. The molecule has 0 heterocycles. The number of rotatable bonds is 3. The van der Waals surface area contributed by atoms with Crippen LogP contribution in [0.1, 0.15) is 24.0 Å². The van der Waals surface area contributed by atoms with Crippen LogP contribution in [0.4, 0.5) is 0 Å². The Balaban J connectivity index is 2.64. The van der Waals surface area contributed by atoms with Gasteiger partial charge < -0.3 is 20.3 Å². The lowest BCUT2D eigenvalue weighted by Crippen LogP contribution is -2.38. The molecule has 1 aliphatic carbocycles. The molecule has 1 unspecified atom stereocenters. The highest BCUT2D eigenvalue weighted by atomic mass is 16.5. The number of hydrogen-bond donors (Lipinski definition) is 2. The van der Waals surface area contributed by atoms with Crippen LogP contribution in [0.15, 0.2) is 12.1 Å². The third-order valence-electron chi connectivity index (χ3n) is 3.49. The second-order valence-corrected chi connectivity index (χ2v) is 4.41. The number of aliphatic hydroxyl groups is 1. The molecule has 1 aromatic carbocycles. The molecule has 0 amide bonds. The molecular formula is C13H19NO3. The average molecular weight is 237 g/mol. The van der Waals surface area contributed by atoms with E-state index < -0.39 is 5.60 Å². The van der Waals surface area contributed by atoms with E-state index in [2.05, 4.69) is 0 Å². The summed E-state index contributed by atoms with van der Waals surface area (Å²) in [6, 6.07) is 3.70. The predicted octanol–water partition coefficient (Wildman–Crippen LogP) is 1.19. The normalized spacial score (nSPS) is 23.1. The minimum Gasteiger partial charge on any atom is -0.496 e. The van der Waals surface area contributed by atoms with Gasteiger partial charge in [0.25, 0.3) is 0 Å². The minimum atomic E-state index is -0.993. The Hall–Kier alpha value is -1.26. The SMILES string of the molecule is COc1ccc(OC)c2c1CCCC2(O)CN. The van der Waals surface area contributed by atoms with Gasteiger partial charge in [0.2, 0.25) is 0 Å². The average Bonchev–Trinajstić information content (AvgIpc) is 2.38. The van der Waals surface area contributed by atoms with Crippen molar-refractivity contribution in [3.8, 4) is 11.5 Å². The van der Waals surface area contributed by atoms with Crippen molar-refractivity contribution in [1.82, 2.24) is 0 Å². The van der Waals surface area contributed by atoms with E-state index in [4.69, 9.17) is 15.2 Å². The van der Waals surface area contributed by atoms with Crippen molar-refractivity contribution >= 4 is 0 Å². The van der Waals surface area contributed by atoms with E-state index in [1.54, 1.807) is 14.2 Å². The van der Waals surface area contributed by atoms with Crippen molar-refractivity contribution in [3.63, 3.8) is 0 Å². The van der Waals surface area contributed by atoms with Crippen LogP contribution in [0.3, 0.4) is 0 Å². The fourth-order valence-corrected chi connectivity index (χ4v) is 2.61. The van der Waals surface area contributed by atoms with Crippen molar-refractivity contribution in [2.75, 3.05) is 20.8 Å². The van der Waals surface area contributed by atoms with Crippen molar-refractivity contribution in [2.24, 2.45) is 5.73 Å². The fraction of sp³-hybridized carbons (Fsp3) is 0.538. The minimum absolute atomic E-state index is 0.198. The lowest BCUT2D eigenvalue weighted by molar-refractivity contribution is 0.0250. The zero-order valence-corrected chi connectivity index (χ0v) is 10.3. The highest BCUT2D eigenvalue weighted by molar-refractivity contribution is 5.53. The number of hydrogen-bond acceptors (Lipinski definition) is 4. The molecule has 0 spiro atoms. The van der Waals surface area contributed by atoms with Gasteiger partial charge in [-0.1, -0.05) is 0 Å². The van der Waals surface area contributed by atoms with Gasteiger partial charge >= 0.3 is 0 Å². The van der Waals surface area contributed by atoms with Gasteiger partial charge in [0.15, 0.2) is 0 Å². The molecule has 94 valence electrons. The van der Waals surface area contributed by atoms with Crippen molar-refractivity contribution in [3.05, 3.63) is 23.3 Å². The summed E-state index contributed by atoms with van der Waals surface area (Å²) in [7, 11) is 3.24. The number of methoxy groups -OCH3 is 2. The lowest BCUT2D eigenvalue weighted by Gasteiger charge is -2.35. The summed E-state index contributed by atoms with van der Waals surface area (Å²) in [4.78, 5) is 0. The van der Waals surface area contributed by atoms with Gasteiger partial charge in [0, 0.05) is 17.7 Å². The van der Waals surface area contributed by atoms with Crippen LogP contribution >= 0.6 is 0 Å². The summed E-state index contributed by atoms with van der Waals surface area (Å²) in [6.45, 7) is 0.198. The first-order valence-corrected chi connectivity index (χ1v) is 5.83. The summed E-state index contributed by atoms with van der Waals surface area (Å²) < 4.78 is 10.7. The van der Waals surface area contributed by atoms with E-state index in [0.717, 1.165) is 29.7 Å². The monoisotopic (exact) mass is 237 g/mol. The number of benzene rings is 1. The van der Waals surface area contributed by atoms with Crippen LogP contribution in [0.25, 0.3) is 0 Å². The largest absolute Gasteiger partial charge is 0.496 e. The standard InChI is InChI=1S/C13H19NO3/c1-16-10-5-6-11(17-2)12-9(10)4-3-7-13(12,15)8-14/h5-6,15H,3-4,7-8,14H2,1-2H3. The van der Waals surface area contributed by atoms with E-state index in [1.807, 2.05) is 12.1 Å². The molecule has 0 saturated heterocycles. The topological polar surface area (TPSA) is 64.7 Å². The Labute approximate surface area is 101 Å². The Morgan fingerprint density at radius 1 is 1.29 bits per heavy atom. The second kappa shape index (κ2) is 4.55. The van der Waals surface area contributed by atoms with Gasteiger partial charge in [-0.3, -0.25) is 0 Å². The highest BCUT2D eigenvalue weighted by Gasteiger charge is 2.37. The summed E-state index contributed by atoms with van der Waals surface area (Å²) in [5.41, 5.74) is 6.55. The Kier molecular flexibility index (Phi) is 3.26. The van der Waals surface area contributed by atoms with Crippen LogP contribution in [0.2, 0.25) is 0 Å². The van der Waals surface area contributed by atoms with Crippen molar-refractivity contribution in [2.45, 2.75) is 24.9 Å². The van der Waals surface area contributed by atoms with Gasteiger partial charge in [0.05, 0.1) is 14.2 Å². The van der Waals surface area contributed by atoms with E-state index in [-0.39, 0.29) is 6.54 Å². The molecule has 0 aliphatic heterocycles. The molecule has 0 fully saturated rings. The molecule has 1 atom stereocenters. The van der Waals surface area contributed by atoms with Gasteiger partial charge in [-0.2, -0.15) is 0 Å². The Bertz CT molecular complexity index is 419. The molecule has 0 radical (unpaired) electrons. The fourth-order valence-electron chi connectivity index (χ4n) is 2.61. The maximum absolute atomic E-state index is 10.6. The molecular weight excluding hydrogens is 218 g/mol. The van der Waals surface area contributed by atoms with Crippen molar-refractivity contribution < 1.29 is 14.6 Å². The third-order valence-corrected chi connectivity index (χ3v) is 3.49. The lowest BCUT2D eigenvalue weighted by atomic mass is 9.78. The molecule has 2 rings (SSSR count). The van der Waals surface area contributed by atoms with E-state index in [1.165, 1.54) is 0 Å². The smallest absolute Gasteiger partial charge is 0.125 e. The summed E-state index contributed by atoms with van der Waals surface area (Å²) in [5, 5.41) is 10.6. The highest BCUT2D eigenvalue weighted by Crippen LogP contribution is 2.44. The maximum atomic E-state index is 10.6. The first-order valence-electron chi connectivity index (χ1n) is 5.83. The van der Waals surface area contributed by atoms with Crippen LogP contribution < -0.4 is 15.2 Å². The second-order valence-electron chi connectivity index (χ2n) is 4.41. The maximum Gasteiger partial charge on any atom is 0.125 e. The molecule has 4 heteroatoms. The summed E-state index contributed by atoms with van der Waals surface area (Å²) >= 11 is 0. The Morgan fingerprint density at radius 3 is 2.53 bits per heavy atom. The van der Waals surface area contributed by atoms with Crippen LogP contribution in [-0.2, 0) is 12.0 Å². The molecule has 0 bridgehead atoms. The first-order chi connectivity index (χ1) is 8.16. The Morgan fingerprint density at radius 2 is 1.94 bits per heavy atom. The zero-order valence-electron chi connectivity index (χ0n) is 10.3. The summed E-state index contributed by atoms with van der Waals surface area (Å²) in [6.07, 6.45) is 2.46. The summed E-state index contributed by atoms with van der Waals surface area (Å²) in [5.74, 6) is 1.49. The quantitative estimate of drug-likeness (QED) is 0.828. The molecule has 0 saturated carbocycles. The third kappa shape index (κ3) is 1.87. The number of nitrogens with two attached hydrogens (primary N) is 1. The molecule has 1 aliphatic rings. The van der Waals surface area contributed by atoms with Gasteiger partial charge in [-0.15, -0.1) is 0 Å². The van der Waals surface area contributed by atoms with E-state index >= 15 is 0 Å². The van der Waals surface area contributed by atoms with Crippen molar-refractivity contribution in [1.29, 1.82) is 0 Å². The molecule has 17 heavy (non-hydrogen) atoms. The number of fused-ring (bicyclic) bond motifs is 1. The van der Waals surface area contributed by atoms with Gasteiger partial charge in [-0.05, 0) is 31.4 Å². The zero-order chi connectivity index (χ0) is 12.5. The molecule has 1 aromatic rings. The van der Waals surface area contributed by atoms with Crippen LogP contribution in [0.5, 0.6) is 11.5 Å². The van der Waals surface area contributed by atoms with Crippen LogP contribution in [0, 0.1) is 0 Å². The van der Waals surface area contributed by atoms with E-state index in [9.17, 15) is 5.11 Å². The van der Waals surface area contributed by atoms with E-state index in [0.29, 0.717) is 12.2 Å². The molecule has 3 N–H and O–H groups in total. The van der Waals surface area contributed by atoms with Crippen LogP contribution in [-0.4, -0.2) is 25.9 Å². The van der Waals surface area contributed by atoms with Gasteiger partial charge in [-0.25, -0.2) is 0 Å². The van der Waals surface area contributed by atoms with Gasteiger partial charge in [0.1, 0.15) is 17.1 Å². The first kappa shape index (κ1) is 12.2. The molecule has 0 aromatic heterocycles. The number of ether oxygens (including phenoxy) is 2.